The number of allylic oxidation sites excluding steroid dienone is 3. The summed E-state index contributed by atoms with van der Waals surface area (Å²) in [5, 5.41) is 9.92. The number of esters is 1. The van der Waals surface area contributed by atoms with E-state index in [1.807, 2.05) is 18.2 Å². The Labute approximate surface area is 186 Å². The van der Waals surface area contributed by atoms with Crippen molar-refractivity contribution < 1.29 is 19.0 Å². The Hall–Kier alpha value is -1.24. The van der Waals surface area contributed by atoms with Crippen molar-refractivity contribution in [2.45, 2.75) is 62.2 Å². The maximum Gasteiger partial charge on any atom is 0.309 e. The molecule has 1 aromatic rings. The van der Waals surface area contributed by atoms with Crippen LogP contribution in [0.1, 0.15) is 51.5 Å². The fourth-order valence-electron chi connectivity index (χ4n) is 4.79. The normalized spacial score (nSPS) is 28.7. The van der Waals surface area contributed by atoms with E-state index < -0.39 is 12.2 Å². The number of hydrogen-bond donors (Lipinski definition) is 1. The minimum atomic E-state index is -0.649. The molecule has 3 aliphatic rings. The average molecular weight is 449 g/mol. The molecule has 3 nitrogen and oxygen atoms in total. The maximum absolute atomic E-state index is 13.6. The number of benzene rings is 1. The molecule has 2 saturated heterocycles. The smallest absolute Gasteiger partial charge is 0.309 e. The summed E-state index contributed by atoms with van der Waals surface area (Å²) >= 11 is 4.13. The summed E-state index contributed by atoms with van der Waals surface area (Å²) in [4.78, 5) is 11.7. The van der Waals surface area contributed by atoms with Gasteiger partial charge in [0.15, 0.2) is 0 Å². The summed E-state index contributed by atoms with van der Waals surface area (Å²) in [5.74, 6) is 1.78. The molecule has 0 bridgehead atoms. The molecule has 1 N–H and O–H groups in total. The van der Waals surface area contributed by atoms with Crippen LogP contribution in [-0.4, -0.2) is 38.9 Å². The van der Waals surface area contributed by atoms with Crippen LogP contribution >= 0.6 is 23.5 Å². The van der Waals surface area contributed by atoms with E-state index in [0.29, 0.717) is 6.42 Å². The minimum Gasteiger partial charge on any atom is -0.458 e. The Bertz CT molecular complexity index is 854. The lowest BCUT2D eigenvalue weighted by molar-refractivity contribution is -0.156. The third-order valence-electron chi connectivity index (χ3n) is 6.09. The molecule has 2 atom stereocenters. The highest BCUT2D eigenvalue weighted by atomic mass is 32.2. The van der Waals surface area contributed by atoms with Crippen LogP contribution in [0.4, 0.5) is 4.39 Å². The molecule has 0 aromatic heterocycles. The van der Waals surface area contributed by atoms with Crippen LogP contribution in [0.5, 0.6) is 0 Å². The zero-order valence-corrected chi connectivity index (χ0v) is 19.2. The number of ether oxygens (including phenoxy) is 1. The summed E-state index contributed by atoms with van der Waals surface area (Å²) in [7, 11) is 0. The van der Waals surface area contributed by atoms with Gasteiger partial charge in [-0.2, -0.15) is 0 Å². The Morgan fingerprint density at radius 2 is 1.90 bits per heavy atom. The number of aliphatic hydroxyl groups is 1. The first kappa shape index (κ1) is 22.0. The van der Waals surface area contributed by atoms with E-state index in [1.165, 1.54) is 41.2 Å². The summed E-state index contributed by atoms with van der Waals surface area (Å²) in [5.41, 5.74) is 3.43. The van der Waals surface area contributed by atoms with E-state index in [2.05, 4.69) is 43.4 Å². The molecule has 6 heteroatoms. The Kier molecular flexibility index (Phi) is 6.38. The van der Waals surface area contributed by atoms with Crippen molar-refractivity contribution in [1.82, 2.24) is 0 Å². The van der Waals surface area contributed by atoms with E-state index in [4.69, 9.17) is 4.74 Å². The number of cyclic esters (lactones) is 1. The van der Waals surface area contributed by atoms with Crippen molar-refractivity contribution in [3.63, 3.8) is 0 Å². The summed E-state index contributed by atoms with van der Waals surface area (Å²) in [6.07, 6.45) is 6.68. The van der Waals surface area contributed by atoms with Crippen molar-refractivity contribution in [3.8, 4) is 0 Å². The first-order valence-corrected chi connectivity index (χ1v) is 12.6. The summed E-state index contributed by atoms with van der Waals surface area (Å²) in [6, 6.07) is 6.79. The number of thioether (sulfide) groups is 2. The minimum absolute atomic E-state index is 0.0658. The fourth-order valence-corrected chi connectivity index (χ4v) is 8.55. The van der Waals surface area contributed by atoms with Gasteiger partial charge in [-0.05, 0) is 71.1 Å². The molecular weight excluding hydrogens is 419 g/mol. The number of carbonyl (C=O) groups excluding carboxylic acids is 1. The third-order valence-corrected chi connectivity index (χ3v) is 9.41. The molecule has 2 fully saturated rings. The fraction of sp³-hybridized carbons (Fsp3) is 0.542. The molecule has 2 aliphatic heterocycles. The lowest BCUT2D eigenvalue weighted by atomic mass is 9.70. The number of halogens is 1. The van der Waals surface area contributed by atoms with Crippen LogP contribution in [0, 0.1) is 11.2 Å². The average Bonchev–Trinajstić information content (AvgIpc) is 2.67. The van der Waals surface area contributed by atoms with Gasteiger partial charge in [0, 0.05) is 6.42 Å². The second kappa shape index (κ2) is 8.71. The molecule has 1 aliphatic carbocycles. The van der Waals surface area contributed by atoms with Gasteiger partial charge in [-0.1, -0.05) is 32.1 Å². The highest BCUT2D eigenvalue weighted by Gasteiger charge is 2.45. The van der Waals surface area contributed by atoms with Crippen LogP contribution in [0.3, 0.4) is 0 Å². The quantitative estimate of drug-likeness (QED) is 0.611. The van der Waals surface area contributed by atoms with Gasteiger partial charge in [0.25, 0.3) is 0 Å². The monoisotopic (exact) mass is 448 g/mol. The van der Waals surface area contributed by atoms with E-state index in [9.17, 15) is 14.3 Å². The van der Waals surface area contributed by atoms with Crippen LogP contribution in [0.2, 0.25) is 0 Å². The molecule has 0 saturated carbocycles. The highest BCUT2D eigenvalue weighted by Crippen LogP contribution is 2.59. The van der Waals surface area contributed by atoms with Gasteiger partial charge in [0.2, 0.25) is 0 Å². The van der Waals surface area contributed by atoms with Gasteiger partial charge in [-0.15, -0.1) is 23.5 Å². The third kappa shape index (κ3) is 4.81. The summed E-state index contributed by atoms with van der Waals surface area (Å²) < 4.78 is 19.2. The van der Waals surface area contributed by atoms with Gasteiger partial charge in [-0.25, -0.2) is 4.39 Å². The van der Waals surface area contributed by atoms with Crippen molar-refractivity contribution in [3.05, 3.63) is 53.4 Å². The lowest BCUT2D eigenvalue weighted by Crippen LogP contribution is -2.37. The van der Waals surface area contributed by atoms with E-state index in [1.54, 1.807) is 0 Å². The van der Waals surface area contributed by atoms with Crippen molar-refractivity contribution in [1.29, 1.82) is 0 Å². The maximum atomic E-state index is 13.6. The topological polar surface area (TPSA) is 46.5 Å². The molecule has 162 valence electrons. The number of aliphatic hydroxyl groups excluding tert-OH is 1. The predicted octanol–water partition coefficient (Wildman–Crippen LogP) is 5.59. The second-order valence-corrected chi connectivity index (χ2v) is 12.3. The van der Waals surface area contributed by atoms with E-state index in [-0.39, 0.29) is 27.7 Å². The Morgan fingerprint density at radius 1 is 1.20 bits per heavy atom. The van der Waals surface area contributed by atoms with Crippen molar-refractivity contribution in [2.24, 2.45) is 5.41 Å². The van der Waals surface area contributed by atoms with Gasteiger partial charge in [0.05, 0.1) is 16.6 Å². The molecule has 30 heavy (non-hydrogen) atoms. The van der Waals surface area contributed by atoms with E-state index in [0.717, 1.165) is 18.4 Å². The SMILES string of the molecule is CC1(C)CC2(CC(c3ccc(F)cc3)=C1C=C[C@@H]1C[C@@H](O)CC(=O)O1)SCCCS2. The lowest BCUT2D eigenvalue weighted by Gasteiger charge is -2.48. The predicted molar refractivity (Wildman–Crippen MR) is 123 cm³/mol. The first-order chi connectivity index (χ1) is 14.3. The zero-order valence-electron chi connectivity index (χ0n) is 17.5. The van der Waals surface area contributed by atoms with Crippen LogP contribution in [-0.2, 0) is 9.53 Å². The van der Waals surface area contributed by atoms with E-state index >= 15 is 0 Å². The second-order valence-electron chi connectivity index (χ2n) is 9.08. The molecule has 0 unspecified atom stereocenters. The van der Waals surface area contributed by atoms with Crippen LogP contribution in [0.25, 0.3) is 5.57 Å². The molecular formula is C24H29FO3S2. The van der Waals surface area contributed by atoms with Crippen LogP contribution < -0.4 is 0 Å². The van der Waals surface area contributed by atoms with Crippen molar-refractivity contribution >= 4 is 35.1 Å². The van der Waals surface area contributed by atoms with Gasteiger partial charge in [0.1, 0.15) is 11.9 Å². The number of hydrogen-bond acceptors (Lipinski definition) is 5. The van der Waals surface area contributed by atoms with Crippen molar-refractivity contribution in [2.75, 3.05) is 11.5 Å². The molecule has 2 heterocycles. The number of carbonyl (C=O) groups is 1. The zero-order chi connectivity index (χ0) is 21.4. The van der Waals surface area contributed by atoms with Gasteiger partial charge in [-0.3, -0.25) is 4.79 Å². The molecule has 4 rings (SSSR count). The molecule has 0 radical (unpaired) electrons. The highest BCUT2D eigenvalue weighted by molar-refractivity contribution is 8.18. The standard InChI is InChI=1S/C24H29FO3S2/c1-23(2)15-24(29-10-3-11-30-24)14-20(16-4-6-17(25)7-5-16)21(23)9-8-19-12-18(26)13-22(27)28-19/h4-9,18-19,26H,3,10-15H2,1-2H3/t18-,19-/m1/s1. The Morgan fingerprint density at radius 3 is 2.57 bits per heavy atom. The molecule has 1 aromatic carbocycles. The largest absolute Gasteiger partial charge is 0.458 e. The van der Waals surface area contributed by atoms with Gasteiger partial charge >= 0.3 is 5.97 Å². The first-order valence-electron chi connectivity index (χ1n) is 10.6. The number of rotatable bonds is 3. The Balaban J connectivity index is 1.73. The molecule has 1 spiro atoms. The molecule has 0 amide bonds. The van der Waals surface area contributed by atoms with Crippen LogP contribution in [0.15, 0.2) is 42.0 Å². The summed E-state index contributed by atoms with van der Waals surface area (Å²) in [6.45, 7) is 4.54. The van der Waals surface area contributed by atoms with Gasteiger partial charge < -0.3 is 9.84 Å².